The smallest absolute Gasteiger partial charge is 0.216 e. The van der Waals surface area contributed by atoms with Crippen LogP contribution in [0, 0.1) is 6.92 Å². The Balaban J connectivity index is 1.94. The lowest BCUT2D eigenvalue weighted by molar-refractivity contribution is -0.118. The molecule has 0 aliphatic carbocycles. The Morgan fingerprint density at radius 3 is 2.78 bits per heavy atom. The molecular formula is C16H21N5OS. The quantitative estimate of drug-likeness (QED) is 0.409. The highest BCUT2D eigenvalue weighted by Gasteiger charge is 2.05. The van der Waals surface area contributed by atoms with Crippen LogP contribution in [0.25, 0.3) is 0 Å². The van der Waals surface area contributed by atoms with E-state index in [0.717, 1.165) is 5.75 Å². The van der Waals surface area contributed by atoms with Crippen LogP contribution in [0.15, 0.2) is 35.5 Å². The molecule has 0 aliphatic rings. The van der Waals surface area contributed by atoms with E-state index in [0.29, 0.717) is 29.9 Å². The molecule has 0 radical (unpaired) electrons. The maximum Gasteiger partial charge on any atom is 0.216 e. The molecule has 0 fully saturated rings. The van der Waals surface area contributed by atoms with E-state index < -0.39 is 0 Å². The number of hydrogen-bond acceptors (Lipinski definition) is 6. The second-order valence-electron chi connectivity index (χ2n) is 5.09. The van der Waals surface area contributed by atoms with Crippen molar-refractivity contribution < 1.29 is 4.79 Å². The highest BCUT2D eigenvalue weighted by atomic mass is 32.2. The average molecular weight is 331 g/mol. The molecule has 122 valence electrons. The minimum atomic E-state index is -0.0523. The number of benzene rings is 1. The van der Waals surface area contributed by atoms with E-state index in [4.69, 9.17) is 5.73 Å². The van der Waals surface area contributed by atoms with Crippen LogP contribution in [-0.2, 0) is 10.5 Å². The number of anilines is 2. The fraction of sp³-hybridized carbons (Fsp3) is 0.312. The average Bonchev–Trinajstić information content (AvgIpc) is 2.50. The fourth-order valence-electron chi connectivity index (χ4n) is 1.94. The highest BCUT2D eigenvalue weighted by molar-refractivity contribution is 7.98. The molecule has 1 heterocycles. The molecule has 1 aromatic carbocycles. The molecule has 0 spiro atoms. The van der Waals surface area contributed by atoms with E-state index in [1.807, 2.05) is 12.1 Å². The molecule has 1 amide bonds. The first-order valence-electron chi connectivity index (χ1n) is 7.35. The second-order valence-corrected chi connectivity index (χ2v) is 6.03. The molecule has 6 nitrogen and oxygen atoms in total. The van der Waals surface area contributed by atoms with Crippen LogP contribution in [0.3, 0.4) is 0 Å². The summed E-state index contributed by atoms with van der Waals surface area (Å²) < 4.78 is 0. The molecule has 1 aromatic heterocycles. The number of amides is 1. The normalized spacial score (nSPS) is 10.3. The number of nitrogens with two attached hydrogens (primary N) is 1. The van der Waals surface area contributed by atoms with Crippen molar-refractivity contribution in [2.75, 3.05) is 24.1 Å². The van der Waals surface area contributed by atoms with Crippen LogP contribution in [0.5, 0.6) is 0 Å². The Hall–Kier alpha value is -2.28. The zero-order valence-corrected chi connectivity index (χ0v) is 14.1. The second kappa shape index (κ2) is 8.38. The number of nitrogens with one attached hydrogen (secondary N) is 2. The Morgan fingerprint density at radius 1 is 1.26 bits per heavy atom. The van der Waals surface area contributed by atoms with E-state index in [9.17, 15) is 4.79 Å². The van der Waals surface area contributed by atoms with Crippen molar-refractivity contribution in [3.63, 3.8) is 0 Å². The minimum absolute atomic E-state index is 0.0523. The van der Waals surface area contributed by atoms with Gasteiger partial charge >= 0.3 is 0 Å². The van der Waals surface area contributed by atoms with Gasteiger partial charge in [-0.3, -0.25) is 4.79 Å². The molecule has 0 atom stereocenters. The van der Waals surface area contributed by atoms with Crippen molar-refractivity contribution in [1.82, 2.24) is 15.3 Å². The zero-order chi connectivity index (χ0) is 16.7. The Kier molecular flexibility index (Phi) is 6.22. The predicted octanol–water partition coefficient (Wildman–Crippen LogP) is 2.21. The van der Waals surface area contributed by atoms with Crippen molar-refractivity contribution in [1.29, 1.82) is 0 Å². The molecule has 2 rings (SSSR count). The van der Waals surface area contributed by atoms with Gasteiger partial charge in [0.15, 0.2) is 5.16 Å². The molecule has 0 aliphatic heterocycles. The van der Waals surface area contributed by atoms with Gasteiger partial charge in [-0.15, -0.1) is 0 Å². The molecule has 0 unspecified atom stereocenters. The summed E-state index contributed by atoms with van der Waals surface area (Å²) in [5.74, 6) is 1.83. The van der Waals surface area contributed by atoms with Gasteiger partial charge in [0.2, 0.25) is 5.91 Å². The monoisotopic (exact) mass is 331 g/mol. The third-order valence-corrected chi connectivity index (χ3v) is 4.04. The van der Waals surface area contributed by atoms with Crippen molar-refractivity contribution in [2.45, 2.75) is 24.8 Å². The van der Waals surface area contributed by atoms with Gasteiger partial charge in [0, 0.05) is 31.8 Å². The van der Waals surface area contributed by atoms with Crippen molar-refractivity contribution >= 4 is 29.3 Å². The topological polar surface area (TPSA) is 92.9 Å². The first-order chi connectivity index (χ1) is 11.0. The molecule has 7 heteroatoms. The van der Waals surface area contributed by atoms with Gasteiger partial charge < -0.3 is 16.4 Å². The fourth-order valence-corrected chi connectivity index (χ4v) is 2.88. The number of nitrogen functional groups attached to an aromatic ring is 1. The van der Waals surface area contributed by atoms with E-state index in [1.165, 1.54) is 18.1 Å². The lowest BCUT2D eigenvalue weighted by Crippen LogP contribution is -2.26. The maximum absolute atomic E-state index is 10.8. The van der Waals surface area contributed by atoms with Gasteiger partial charge in [0.05, 0.1) is 0 Å². The Morgan fingerprint density at radius 2 is 2.04 bits per heavy atom. The predicted molar refractivity (Wildman–Crippen MR) is 94.4 cm³/mol. The first kappa shape index (κ1) is 17.1. The SMILES string of the molecule is CC(=O)NCCNc1cc(N)nc(SCc2ccccc2C)n1. The van der Waals surface area contributed by atoms with Gasteiger partial charge in [0.25, 0.3) is 0 Å². The van der Waals surface area contributed by atoms with Crippen LogP contribution < -0.4 is 16.4 Å². The number of thioether (sulfide) groups is 1. The van der Waals surface area contributed by atoms with Crippen molar-refractivity contribution in [3.8, 4) is 0 Å². The summed E-state index contributed by atoms with van der Waals surface area (Å²) in [6.45, 7) is 4.69. The number of aromatic nitrogens is 2. The summed E-state index contributed by atoms with van der Waals surface area (Å²) in [5.41, 5.74) is 8.34. The number of nitrogens with zero attached hydrogens (tertiary/aromatic N) is 2. The number of carbonyl (C=O) groups excluding carboxylic acids is 1. The van der Waals surface area contributed by atoms with Gasteiger partial charge in [-0.2, -0.15) is 0 Å². The van der Waals surface area contributed by atoms with Crippen molar-refractivity contribution in [3.05, 3.63) is 41.5 Å². The van der Waals surface area contributed by atoms with Crippen LogP contribution in [0.4, 0.5) is 11.6 Å². The number of hydrogen-bond donors (Lipinski definition) is 3. The molecule has 23 heavy (non-hydrogen) atoms. The summed E-state index contributed by atoms with van der Waals surface area (Å²) in [6.07, 6.45) is 0. The maximum atomic E-state index is 10.8. The Bertz CT molecular complexity index is 677. The molecular weight excluding hydrogens is 310 g/mol. The van der Waals surface area contributed by atoms with Crippen LogP contribution in [0.1, 0.15) is 18.1 Å². The van der Waals surface area contributed by atoms with Gasteiger partial charge in [0.1, 0.15) is 11.6 Å². The van der Waals surface area contributed by atoms with E-state index in [2.05, 4.69) is 39.7 Å². The summed E-state index contributed by atoms with van der Waals surface area (Å²) in [5, 5.41) is 6.48. The summed E-state index contributed by atoms with van der Waals surface area (Å²) >= 11 is 1.55. The summed E-state index contributed by atoms with van der Waals surface area (Å²) in [7, 11) is 0. The molecule has 4 N–H and O–H groups in total. The lowest BCUT2D eigenvalue weighted by Gasteiger charge is -2.09. The number of carbonyl (C=O) groups is 1. The van der Waals surface area contributed by atoms with E-state index in [-0.39, 0.29) is 5.91 Å². The number of aryl methyl sites for hydroxylation is 1. The van der Waals surface area contributed by atoms with Crippen molar-refractivity contribution in [2.24, 2.45) is 0 Å². The van der Waals surface area contributed by atoms with Crippen LogP contribution in [0.2, 0.25) is 0 Å². The van der Waals surface area contributed by atoms with Gasteiger partial charge in [-0.1, -0.05) is 36.0 Å². The standard InChI is InChI=1S/C16H21N5OS/c1-11-5-3-4-6-13(11)10-23-16-20-14(17)9-15(21-16)19-8-7-18-12(2)22/h3-6,9H,7-8,10H2,1-2H3,(H,18,22)(H3,17,19,20,21). The highest BCUT2D eigenvalue weighted by Crippen LogP contribution is 2.23. The molecule has 2 aromatic rings. The molecule has 0 saturated heterocycles. The largest absolute Gasteiger partial charge is 0.383 e. The van der Waals surface area contributed by atoms with Crippen LogP contribution >= 0.6 is 11.8 Å². The summed E-state index contributed by atoms with van der Waals surface area (Å²) in [4.78, 5) is 19.5. The zero-order valence-electron chi connectivity index (χ0n) is 13.3. The molecule has 0 bridgehead atoms. The summed E-state index contributed by atoms with van der Waals surface area (Å²) in [6, 6.07) is 9.92. The Labute approximate surface area is 140 Å². The third-order valence-electron chi connectivity index (χ3n) is 3.15. The van der Waals surface area contributed by atoms with Gasteiger partial charge in [-0.05, 0) is 18.1 Å². The lowest BCUT2D eigenvalue weighted by atomic mass is 10.1. The van der Waals surface area contributed by atoms with E-state index in [1.54, 1.807) is 17.8 Å². The third kappa shape index (κ3) is 5.78. The first-order valence-corrected chi connectivity index (χ1v) is 8.33. The van der Waals surface area contributed by atoms with Crippen LogP contribution in [-0.4, -0.2) is 29.0 Å². The molecule has 0 saturated carbocycles. The van der Waals surface area contributed by atoms with E-state index >= 15 is 0 Å². The van der Waals surface area contributed by atoms with Gasteiger partial charge in [-0.25, -0.2) is 9.97 Å². The number of rotatable bonds is 7. The minimum Gasteiger partial charge on any atom is -0.383 e.